The van der Waals surface area contributed by atoms with Crippen molar-refractivity contribution in [2.75, 3.05) is 6.61 Å². The van der Waals surface area contributed by atoms with Gasteiger partial charge in [0, 0.05) is 18.0 Å². The van der Waals surface area contributed by atoms with Crippen molar-refractivity contribution in [3.8, 4) is 5.75 Å². The van der Waals surface area contributed by atoms with E-state index in [4.69, 9.17) is 33.7 Å². The second kappa shape index (κ2) is 5.65. The predicted molar refractivity (Wildman–Crippen MR) is 82.8 cm³/mol. The number of benzene rings is 2. The van der Waals surface area contributed by atoms with Crippen molar-refractivity contribution in [3.63, 3.8) is 0 Å². The van der Waals surface area contributed by atoms with Gasteiger partial charge in [0.25, 0.3) is 0 Å². The number of nitrogens with two attached hydrogens (primary N) is 1. The molecule has 0 radical (unpaired) electrons. The Kier molecular flexibility index (Phi) is 3.88. The van der Waals surface area contributed by atoms with E-state index in [1.165, 1.54) is 11.1 Å². The van der Waals surface area contributed by atoms with Crippen LogP contribution in [0.15, 0.2) is 42.5 Å². The van der Waals surface area contributed by atoms with Crippen LogP contribution in [-0.2, 0) is 6.42 Å². The van der Waals surface area contributed by atoms with Gasteiger partial charge >= 0.3 is 0 Å². The number of rotatable bonds is 3. The van der Waals surface area contributed by atoms with Gasteiger partial charge in [-0.05, 0) is 29.7 Å². The summed E-state index contributed by atoms with van der Waals surface area (Å²) in [5.74, 6) is 0.941. The molecule has 0 saturated carbocycles. The van der Waals surface area contributed by atoms with Crippen LogP contribution in [0.2, 0.25) is 10.0 Å². The normalized spacial score (nSPS) is 20.8. The van der Waals surface area contributed by atoms with Gasteiger partial charge in [0.2, 0.25) is 0 Å². The average Bonchev–Trinajstić information content (AvgIpc) is 2.76. The second-order valence-electron chi connectivity index (χ2n) is 5.06. The van der Waals surface area contributed by atoms with E-state index in [-0.39, 0.29) is 12.0 Å². The molecule has 1 aliphatic carbocycles. The van der Waals surface area contributed by atoms with E-state index in [0.29, 0.717) is 16.7 Å². The SMILES string of the molecule is N[C@@H]1Cc2ccccc2[C@@H]1COc1ccc(Cl)c(Cl)c1. The average molecular weight is 308 g/mol. The Morgan fingerprint density at radius 2 is 1.90 bits per heavy atom. The summed E-state index contributed by atoms with van der Waals surface area (Å²) < 4.78 is 5.83. The Balaban J connectivity index is 1.74. The zero-order chi connectivity index (χ0) is 14.1. The summed E-state index contributed by atoms with van der Waals surface area (Å²) in [6.45, 7) is 0.552. The number of hydrogen-bond acceptors (Lipinski definition) is 2. The highest BCUT2D eigenvalue weighted by molar-refractivity contribution is 6.42. The first-order valence-corrected chi connectivity index (χ1v) is 7.32. The van der Waals surface area contributed by atoms with Gasteiger partial charge < -0.3 is 10.5 Å². The second-order valence-corrected chi connectivity index (χ2v) is 5.87. The molecule has 2 aromatic carbocycles. The highest BCUT2D eigenvalue weighted by Gasteiger charge is 2.29. The molecule has 0 aliphatic heterocycles. The topological polar surface area (TPSA) is 35.2 Å². The van der Waals surface area contributed by atoms with Crippen LogP contribution in [0.3, 0.4) is 0 Å². The van der Waals surface area contributed by atoms with E-state index < -0.39 is 0 Å². The molecule has 2 aromatic rings. The van der Waals surface area contributed by atoms with Crippen molar-refractivity contribution in [1.82, 2.24) is 0 Å². The maximum absolute atomic E-state index is 6.22. The number of ether oxygens (including phenoxy) is 1. The Morgan fingerprint density at radius 1 is 1.10 bits per heavy atom. The lowest BCUT2D eigenvalue weighted by molar-refractivity contribution is 0.277. The number of fused-ring (bicyclic) bond motifs is 1. The lowest BCUT2D eigenvalue weighted by atomic mass is 10.00. The maximum Gasteiger partial charge on any atom is 0.120 e. The van der Waals surface area contributed by atoms with E-state index >= 15 is 0 Å². The van der Waals surface area contributed by atoms with E-state index in [1.54, 1.807) is 12.1 Å². The van der Waals surface area contributed by atoms with Crippen LogP contribution in [0.1, 0.15) is 17.0 Å². The zero-order valence-corrected chi connectivity index (χ0v) is 12.4. The number of halogens is 2. The first kappa shape index (κ1) is 13.7. The van der Waals surface area contributed by atoms with Gasteiger partial charge in [-0.3, -0.25) is 0 Å². The Hall–Kier alpha value is -1.22. The maximum atomic E-state index is 6.22. The molecule has 1 aliphatic rings. The molecule has 2 atom stereocenters. The standard InChI is InChI=1S/C16H15Cl2NO/c17-14-6-5-11(8-15(14)18)20-9-13-12-4-2-1-3-10(12)7-16(13)19/h1-6,8,13,16H,7,9,19H2/t13-,16+/m0/s1. The van der Waals surface area contributed by atoms with Crippen molar-refractivity contribution < 1.29 is 4.74 Å². The largest absolute Gasteiger partial charge is 0.493 e. The van der Waals surface area contributed by atoms with Crippen LogP contribution >= 0.6 is 23.2 Å². The number of hydrogen-bond donors (Lipinski definition) is 1. The smallest absolute Gasteiger partial charge is 0.120 e. The van der Waals surface area contributed by atoms with E-state index in [9.17, 15) is 0 Å². The first-order chi connectivity index (χ1) is 9.65. The third kappa shape index (κ3) is 2.64. The monoisotopic (exact) mass is 307 g/mol. The van der Waals surface area contributed by atoms with Gasteiger partial charge in [0.05, 0.1) is 16.7 Å². The fourth-order valence-corrected chi connectivity index (χ4v) is 2.96. The lowest BCUT2D eigenvalue weighted by Crippen LogP contribution is -2.28. The summed E-state index contributed by atoms with van der Waals surface area (Å²) in [5, 5.41) is 1.03. The van der Waals surface area contributed by atoms with E-state index in [1.807, 2.05) is 18.2 Å². The molecular weight excluding hydrogens is 293 g/mol. The van der Waals surface area contributed by atoms with E-state index in [2.05, 4.69) is 12.1 Å². The van der Waals surface area contributed by atoms with Crippen molar-refractivity contribution in [1.29, 1.82) is 0 Å². The first-order valence-electron chi connectivity index (χ1n) is 6.56. The molecule has 3 rings (SSSR count). The van der Waals surface area contributed by atoms with Crippen LogP contribution in [0, 0.1) is 0 Å². The molecule has 2 N–H and O–H groups in total. The van der Waals surface area contributed by atoms with Gasteiger partial charge in [0.1, 0.15) is 5.75 Å². The lowest BCUT2D eigenvalue weighted by Gasteiger charge is -2.17. The molecule has 0 heterocycles. The molecule has 2 nitrogen and oxygen atoms in total. The molecule has 20 heavy (non-hydrogen) atoms. The molecule has 0 fully saturated rings. The van der Waals surface area contributed by atoms with Gasteiger partial charge in [0.15, 0.2) is 0 Å². The molecule has 0 saturated heterocycles. The van der Waals surface area contributed by atoms with Crippen molar-refractivity contribution in [2.24, 2.45) is 5.73 Å². The minimum Gasteiger partial charge on any atom is -0.493 e. The molecule has 0 unspecified atom stereocenters. The molecule has 0 amide bonds. The van der Waals surface area contributed by atoms with Crippen molar-refractivity contribution in [3.05, 3.63) is 63.6 Å². The van der Waals surface area contributed by atoms with Gasteiger partial charge in [-0.25, -0.2) is 0 Å². The Bertz CT molecular complexity index is 630. The Labute approximate surface area is 128 Å². The molecule has 104 valence electrons. The molecule has 0 spiro atoms. The summed E-state index contributed by atoms with van der Waals surface area (Å²) >= 11 is 11.9. The summed E-state index contributed by atoms with van der Waals surface area (Å²) in [7, 11) is 0. The van der Waals surface area contributed by atoms with Crippen LogP contribution < -0.4 is 10.5 Å². The molecule has 0 aromatic heterocycles. The fourth-order valence-electron chi connectivity index (χ4n) is 2.67. The van der Waals surface area contributed by atoms with Gasteiger partial charge in [-0.15, -0.1) is 0 Å². The van der Waals surface area contributed by atoms with Crippen molar-refractivity contribution in [2.45, 2.75) is 18.4 Å². The highest BCUT2D eigenvalue weighted by atomic mass is 35.5. The minimum absolute atomic E-state index is 0.107. The highest BCUT2D eigenvalue weighted by Crippen LogP contribution is 2.33. The van der Waals surface area contributed by atoms with Crippen LogP contribution in [-0.4, -0.2) is 12.6 Å². The summed E-state index contributed by atoms with van der Waals surface area (Å²) in [4.78, 5) is 0. The van der Waals surface area contributed by atoms with E-state index in [0.717, 1.165) is 12.2 Å². The third-order valence-corrected chi connectivity index (χ3v) is 4.49. The summed E-state index contributed by atoms with van der Waals surface area (Å²) in [5.41, 5.74) is 8.83. The predicted octanol–water partition coefficient (Wildman–Crippen LogP) is 4.04. The van der Waals surface area contributed by atoms with Gasteiger partial charge in [-0.2, -0.15) is 0 Å². The Morgan fingerprint density at radius 3 is 2.70 bits per heavy atom. The molecule has 0 bridgehead atoms. The van der Waals surface area contributed by atoms with Crippen LogP contribution in [0.4, 0.5) is 0 Å². The quantitative estimate of drug-likeness (QED) is 0.929. The van der Waals surface area contributed by atoms with Crippen LogP contribution in [0.25, 0.3) is 0 Å². The van der Waals surface area contributed by atoms with Crippen LogP contribution in [0.5, 0.6) is 5.75 Å². The van der Waals surface area contributed by atoms with Crippen molar-refractivity contribution >= 4 is 23.2 Å². The summed E-state index contributed by atoms with van der Waals surface area (Å²) in [6.07, 6.45) is 0.908. The zero-order valence-electron chi connectivity index (χ0n) is 10.9. The fraction of sp³-hybridized carbons (Fsp3) is 0.250. The molecule has 4 heteroatoms. The summed E-state index contributed by atoms with van der Waals surface area (Å²) in [6, 6.07) is 13.8. The van der Waals surface area contributed by atoms with Gasteiger partial charge in [-0.1, -0.05) is 47.5 Å². The third-order valence-electron chi connectivity index (χ3n) is 3.75. The minimum atomic E-state index is 0.107. The molecular formula is C16H15Cl2NO.